The van der Waals surface area contributed by atoms with Gasteiger partial charge in [-0.05, 0) is 47.9 Å². The van der Waals surface area contributed by atoms with Gasteiger partial charge in [-0.2, -0.15) is 0 Å². The first kappa shape index (κ1) is 25.6. The van der Waals surface area contributed by atoms with Crippen LogP contribution in [-0.2, 0) is 9.59 Å². The van der Waals surface area contributed by atoms with Gasteiger partial charge in [0.05, 0.1) is 43.5 Å². The van der Waals surface area contributed by atoms with Gasteiger partial charge >= 0.3 is 0 Å². The van der Waals surface area contributed by atoms with Crippen molar-refractivity contribution in [2.24, 2.45) is 4.99 Å². The third-order valence-electron chi connectivity index (χ3n) is 5.06. The number of amides is 2. The number of halogens is 1. The van der Waals surface area contributed by atoms with Crippen LogP contribution in [0.3, 0.4) is 0 Å². The van der Waals surface area contributed by atoms with Crippen molar-refractivity contribution in [1.82, 2.24) is 0 Å². The Morgan fingerprint density at radius 1 is 1.11 bits per heavy atom. The molecule has 186 valence electrons. The van der Waals surface area contributed by atoms with Crippen LogP contribution in [-0.4, -0.2) is 44.1 Å². The highest BCUT2D eigenvalue weighted by molar-refractivity contribution is 8.14. The summed E-state index contributed by atoms with van der Waals surface area (Å²) < 4.78 is 15.8. The quantitative estimate of drug-likeness (QED) is 0.375. The Morgan fingerprint density at radius 2 is 1.92 bits per heavy atom. The lowest BCUT2D eigenvalue weighted by atomic mass is 10.2. The van der Waals surface area contributed by atoms with Gasteiger partial charge in [0.1, 0.15) is 22.9 Å². The number of thiophene rings is 1. The molecule has 0 fully saturated rings. The number of nitrogens with zero attached hydrogens (tertiary/aromatic N) is 2. The van der Waals surface area contributed by atoms with Crippen molar-refractivity contribution in [2.45, 2.75) is 0 Å². The molecule has 0 atom stereocenters. The lowest BCUT2D eigenvalue weighted by Crippen LogP contribution is -2.31. The van der Waals surface area contributed by atoms with Crippen LogP contribution < -0.4 is 24.4 Å². The third-order valence-corrected chi connectivity index (χ3v) is 7.11. The van der Waals surface area contributed by atoms with Gasteiger partial charge < -0.3 is 19.5 Å². The summed E-state index contributed by atoms with van der Waals surface area (Å²) in [6, 6.07) is 13.9. The Morgan fingerprint density at radius 3 is 2.58 bits per heavy atom. The number of aliphatic imine (C=N–C) groups is 1. The molecule has 0 saturated heterocycles. The van der Waals surface area contributed by atoms with E-state index >= 15 is 0 Å². The number of rotatable bonds is 8. The smallest absolute Gasteiger partial charge is 0.283 e. The highest BCUT2D eigenvalue weighted by Crippen LogP contribution is 2.35. The van der Waals surface area contributed by atoms with Gasteiger partial charge in [-0.25, -0.2) is 4.99 Å². The van der Waals surface area contributed by atoms with Gasteiger partial charge in [-0.1, -0.05) is 29.4 Å². The predicted octanol–water partition coefficient (Wildman–Crippen LogP) is 5.54. The highest BCUT2D eigenvalue weighted by atomic mass is 35.5. The minimum absolute atomic E-state index is 0.00790. The van der Waals surface area contributed by atoms with Crippen molar-refractivity contribution in [1.29, 1.82) is 0 Å². The number of carbonyl (C=O) groups excluding carboxylic acids is 2. The number of thioether (sulfide) groups is 1. The first-order chi connectivity index (χ1) is 17.4. The molecule has 1 aromatic heterocycles. The SMILES string of the molecule is COc1ccc(NC(=O)CSC2=N/C(=C/c3cccs3)C(=O)N2c2ccc(OC)c(Cl)c2)c(OC)c1. The number of amidine groups is 1. The minimum atomic E-state index is -0.315. The van der Waals surface area contributed by atoms with Crippen molar-refractivity contribution in [2.75, 3.05) is 37.3 Å². The Labute approximate surface area is 221 Å². The number of hydrogen-bond donors (Lipinski definition) is 1. The van der Waals surface area contributed by atoms with Crippen LogP contribution in [0.1, 0.15) is 4.88 Å². The maximum atomic E-state index is 13.3. The molecule has 0 unspecified atom stereocenters. The van der Waals surface area contributed by atoms with Gasteiger partial charge in [0.15, 0.2) is 5.17 Å². The minimum Gasteiger partial charge on any atom is -0.497 e. The van der Waals surface area contributed by atoms with E-state index in [-0.39, 0.29) is 23.3 Å². The summed E-state index contributed by atoms with van der Waals surface area (Å²) in [4.78, 5) is 33.0. The summed E-state index contributed by atoms with van der Waals surface area (Å²) in [6.45, 7) is 0. The third kappa shape index (κ3) is 5.67. The maximum absolute atomic E-state index is 13.3. The second-order valence-electron chi connectivity index (χ2n) is 7.30. The Balaban J connectivity index is 1.56. The van der Waals surface area contributed by atoms with E-state index in [1.165, 1.54) is 30.5 Å². The molecule has 4 rings (SSSR count). The number of hydrogen-bond acceptors (Lipinski definition) is 8. The Hall–Kier alpha value is -3.47. The molecule has 36 heavy (non-hydrogen) atoms. The monoisotopic (exact) mass is 543 g/mol. The Kier molecular flexibility index (Phi) is 8.19. The highest BCUT2D eigenvalue weighted by Gasteiger charge is 2.33. The van der Waals surface area contributed by atoms with Crippen LogP contribution in [0.5, 0.6) is 17.2 Å². The largest absolute Gasteiger partial charge is 0.497 e. The molecule has 0 spiro atoms. The average molecular weight is 544 g/mol. The summed E-state index contributed by atoms with van der Waals surface area (Å²) in [5, 5.41) is 5.46. The molecule has 3 aromatic rings. The van der Waals surface area contributed by atoms with E-state index < -0.39 is 0 Å². The predicted molar refractivity (Wildman–Crippen MR) is 146 cm³/mol. The lowest BCUT2D eigenvalue weighted by Gasteiger charge is -2.19. The fraction of sp³-hybridized carbons (Fsp3) is 0.160. The van der Waals surface area contributed by atoms with E-state index in [1.54, 1.807) is 49.6 Å². The van der Waals surface area contributed by atoms with Crippen LogP contribution in [0.15, 0.2) is 64.6 Å². The Bertz CT molecular complexity index is 1340. The molecule has 1 aliphatic heterocycles. The second-order valence-corrected chi connectivity index (χ2v) is 9.63. The fourth-order valence-corrected chi connectivity index (χ4v) is 5.06. The van der Waals surface area contributed by atoms with E-state index in [0.29, 0.717) is 38.8 Å². The van der Waals surface area contributed by atoms with E-state index in [2.05, 4.69) is 10.3 Å². The first-order valence-electron chi connectivity index (χ1n) is 10.6. The van der Waals surface area contributed by atoms with Crippen molar-refractivity contribution in [3.8, 4) is 17.2 Å². The van der Waals surface area contributed by atoms with E-state index in [1.807, 2.05) is 17.5 Å². The van der Waals surface area contributed by atoms with Crippen molar-refractivity contribution in [3.05, 3.63) is 69.5 Å². The second kappa shape index (κ2) is 11.5. The van der Waals surface area contributed by atoms with Gasteiger partial charge in [-0.3, -0.25) is 14.5 Å². The molecule has 2 heterocycles. The fourth-order valence-electron chi connectivity index (χ4n) is 3.34. The topological polar surface area (TPSA) is 89.5 Å². The summed E-state index contributed by atoms with van der Waals surface area (Å²) in [5.41, 5.74) is 1.29. The number of ether oxygens (including phenoxy) is 3. The average Bonchev–Trinajstić information content (AvgIpc) is 3.50. The lowest BCUT2D eigenvalue weighted by molar-refractivity contribution is -0.114. The van der Waals surface area contributed by atoms with E-state index in [0.717, 1.165) is 16.6 Å². The van der Waals surface area contributed by atoms with Crippen molar-refractivity contribution < 1.29 is 23.8 Å². The van der Waals surface area contributed by atoms with Crippen LogP contribution in [0.4, 0.5) is 11.4 Å². The summed E-state index contributed by atoms with van der Waals surface area (Å²) in [6.07, 6.45) is 1.72. The van der Waals surface area contributed by atoms with E-state index in [4.69, 9.17) is 25.8 Å². The summed E-state index contributed by atoms with van der Waals surface area (Å²) in [5.74, 6) is 0.967. The van der Waals surface area contributed by atoms with E-state index in [9.17, 15) is 9.59 Å². The zero-order valence-corrected chi connectivity index (χ0v) is 22.0. The van der Waals surface area contributed by atoms with Gasteiger partial charge in [0, 0.05) is 10.9 Å². The molecule has 11 heteroatoms. The number of nitrogens with one attached hydrogen (secondary N) is 1. The molecule has 2 aromatic carbocycles. The summed E-state index contributed by atoms with van der Waals surface area (Å²) >= 11 is 8.95. The number of methoxy groups -OCH3 is 3. The van der Waals surface area contributed by atoms with Gasteiger partial charge in [-0.15, -0.1) is 11.3 Å². The van der Waals surface area contributed by atoms with Crippen LogP contribution in [0.2, 0.25) is 5.02 Å². The number of carbonyl (C=O) groups is 2. The normalized spacial score (nSPS) is 14.1. The van der Waals surface area contributed by atoms with Gasteiger partial charge in [0.2, 0.25) is 5.91 Å². The molecular weight excluding hydrogens is 522 g/mol. The zero-order valence-electron chi connectivity index (χ0n) is 19.6. The van der Waals surface area contributed by atoms with Crippen molar-refractivity contribution in [3.63, 3.8) is 0 Å². The molecule has 1 aliphatic rings. The standard InChI is InChI=1S/C25H22ClN3O5S2/c1-32-16-7-8-19(22(12-16)34-3)27-23(30)14-36-25-28-20(13-17-5-4-10-35-17)24(31)29(25)15-6-9-21(33-2)18(26)11-15/h4-13H,14H2,1-3H3,(H,27,30)/b20-13+. The number of benzene rings is 2. The molecule has 0 bridgehead atoms. The maximum Gasteiger partial charge on any atom is 0.283 e. The molecule has 0 aliphatic carbocycles. The molecule has 0 saturated carbocycles. The molecule has 2 amide bonds. The van der Waals surface area contributed by atoms with Crippen LogP contribution in [0, 0.1) is 0 Å². The van der Waals surface area contributed by atoms with Crippen LogP contribution in [0.25, 0.3) is 6.08 Å². The molecule has 1 N–H and O–H groups in total. The van der Waals surface area contributed by atoms with Crippen molar-refractivity contribution >= 4 is 69.1 Å². The zero-order chi connectivity index (χ0) is 25.7. The van der Waals surface area contributed by atoms with Gasteiger partial charge in [0.25, 0.3) is 5.91 Å². The summed E-state index contributed by atoms with van der Waals surface area (Å²) in [7, 11) is 4.58. The first-order valence-corrected chi connectivity index (χ1v) is 12.8. The number of anilines is 2. The molecule has 8 nitrogen and oxygen atoms in total. The molecular formula is C25H22ClN3O5S2. The molecule has 0 radical (unpaired) electrons. The van der Waals surface area contributed by atoms with Crippen LogP contribution >= 0.6 is 34.7 Å².